The third-order valence-corrected chi connectivity index (χ3v) is 2.78. The average Bonchev–Trinajstić information content (AvgIpc) is 2.84. The number of aliphatic hydroxyl groups excluding tert-OH is 1. The van der Waals surface area contributed by atoms with Gasteiger partial charge in [0.2, 0.25) is 0 Å². The fourth-order valence-corrected chi connectivity index (χ4v) is 1.67. The lowest BCUT2D eigenvalue weighted by Gasteiger charge is -2.08. The Morgan fingerprint density at radius 2 is 2.46 bits per heavy atom. The number of nitrogens with one attached hydrogen (secondary N) is 1. The van der Waals surface area contributed by atoms with Crippen LogP contribution in [-0.2, 0) is 0 Å². The third-order valence-electron chi connectivity index (χ3n) is 2.12. The zero-order valence-electron chi connectivity index (χ0n) is 7.16. The summed E-state index contributed by atoms with van der Waals surface area (Å²) in [5.41, 5.74) is 0. The zero-order chi connectivity index (χ0) is 9.26. The molecule has 1 atom stereocenters. The van der Waals surface area contributed by atoms with Gasteiger partial charge in [-0.3, -0.25) is 0 Å². The van der Waals surface area contributed by atoms with Gasteiger partial charge in [-0.05, 0) is 34.8 Å². The van der Waals surface area contributed by atoms with Crippen molar-refractivity contribution in [3.63, 3.8) is 0 Å². The fraction of sp³-hybridized carbons (Fsp3) is 0.556. The summed E-state index contributed by atoms with van der Waals surface area (Å²) in [4.78, 5) is 0. The largest absolute Gasteiger partial charge is 0.465 e. The molecule has 3 nitrogen and oxygen atoms in total. The second kappa shape index (κ2) is 3.82. The van der Waals surface area contributed by atoms with E-state index < -0.39 is 6.10 Å². The van der Waals surface area contributed by atoms with Gasteiger partial charge >= 0.3 is 0 Å². The van der Waals surface area contributed by atoms with Gasteiger partial charge in [0.05, 0.1) is 10.7 Å². The van der Waals surface area contributed by atoms with E-state index in [1.165, 1.54) is 12.8 Å². The van der Waals surface area contributed by atoms with Gasteiger partial charge in [0.15, 0.2) is 0 Å². The zero-order valence-corrected chi connectivity index (χ0v) is 8.75. The smallest absolute Gasteiger partial charge is 0.147 e. The SMILES string of the molecule is OC(CNC1CC1)c1occc1Br. The van der Waals surface area contributed by atoms with E-state index in [-0.39, 0.29) is 0 Å². The van der Waals surface area contributed by atoms with Gasteiger partial charge in [-0.2, -0.15) is 0 Å². The molecule has 1 aromatic heterocycles. The second-order valence-electron chi connectivity index (χ2n) is 3.33. The quantitative estimate of drug-likeness (QED) is 0.851. The molecule has 0 aliphatic heterocycles. The molecule has 72 valence electrons. The predicted octanol–water partition coefficient (Wildman–Crippen LogP) is 1.83. The molecule has 1 aliphatic carbocycles. The average molecular weight is 246 g/mol. The standard InChI is InChI=1S/C9H12BrNO2/c10-7-3-4-13-9(7)8(12)5-11-6-1-2-6/h3-4,6,8,11-12H,1-2,5H2. The van der Waals surface area contributed by atoms with Crippen molar-refractivity contribution in [3.8, 4) is 0 Å². The van der Waals surface area contributed by atoms with Crippen molar-refractivity contribution in [1.29, 1.82) is 0 Å². The highest BCUT2D eigenvalue weighted by Gasteiger charge is 2.23. The van der Waals surface area contributed by atoms with Crippen LogP contribution >= 0.6 is 15.9 Å². The molecule has 4 heteroatoms. The monoisotopic (exact) mass is 245 g/mol. The van der Waals surface area contributed by atoms with E-state index >= 15 is 0 Å². The first-order valence-corrected chi connectivity index (χ1v) is 5.21. The van der Waals surface area contributed by atoms with E-state index in [9.17, 15) is 5.11 Å². The van der Waals surface area contributed by atoms with Crippen LogP contribution < -0.4 is 5.32 Å². The number of hydrogen-bond donors (Lipinski definition) is 2. The Balaban J connectivity index is 1.88. The lowest BCUT2D eigenvalue weighted by Crippen LogP contribution is -2.23. The maximum absolute atomic E-state index is 9.68. The highest BCUT2D eigenvalue weighted by molar-refractivity contribution is 9.10. The van der Waals surface area contributed by atoms with Gasteiger partial charge in [0, 0.05) is 12.6 Å². The van der Waals surface area contributed by atoms with Gasteiger partial charge in [0.1, 0.15) is 11.9 Å². The first-order chi connectivity index (χ1) is 6.27. The molecule has 1 fully saturated rings. The van der Waals surface area contributed by atoms with Gasteiger partial charge in [-0.15, -0.1) is 0 Å². The molecule has 0 amide bonds. The van der Waals surface area contributed by atoms with Crippen molar-refractivity contribution >= 4 is 15.9 Å². The summed E-state index contributed by atoms with van der Waals surface area (Å²) in [7, 11) is 0. The van der Waals surface area contributed by atoms with Gasteiger partial charge in [-0.1, -0.05) is 0 Å². The second-order valence-corrected chi connectivity index (χ2v) is 4.19. The van der Waals surface area contributed by atoms with Crippen molar-refractivity contribution in [3.05, 3.63) is 22.6 Å². The number of halogens is 1. The van der Waals surface area contributed by atoms with Crippen LogP contribution in [0.25, 0.3) is 0 Å². The van der Waals surface area contributed by atoms with Gasteiger partial charge in [0.25, 0.3) is 0 Å². The number of hydrogen-bond acceptors (Lipinski definition) is 3. The Morgan fingerprint density at radius 1 is 1.69 bits per heavy atom. The highest BCUT2D eigenvalue weighted by Crippen LogP contribution is 2.25. The number of rotatable bonds is 4. The summed E-state index contributed by atoms with van der Waals surface area (Å²) in [6, 6.07) is 2.40. The summed E-state index contributed by atoms with van der Waals surface area (Å²) in [6.07, 6.45) is 3.47. The van der Waals surface area contributed by atoms with Crippen molar-refractivity contribution in [2.75, 3.05) is 6.54 Å². The Morgan fingerprint density at radius 3 is 3.00 bits per heavy atom. The maximum atomic E-state index is 9.68. The molecule has 1 aliphatic rings. The van der Waals surface area contributed by atoms with Crippen molar-refractivity contribution < 1.29 is 9.52 Å². The van der Waals surface area contributed by atoms with E-state index in [1.54, 1.807) is 12.3 Å². The van der Waals surface area contributed by atoms with Crippen LogP contribution in [0.4, 0.5) is 0 Å². The molecule has 0 spiro atoms. The Labute approximate surface area is 85.3 Å². The van der Waals surface area contributed by atoms with E-state index in [0.717, 1.165) is 4.47 Å². The molecule has 0 aromatic carbocycles. The van der Waals surface area contributed by atoms with Crippen LogP contribution in [0.3, 0.4) is 0 Å². The van der Waals surface area contributed by atoms with Gasteiger partial charge in [-0.25, -0.2) is 0 Å². The summed E-state index contributed by atoms with van der Waals surface area (Å²) < 4.78 is 5.97. The molecule has 13 heavy (non-hydrogen) atoms. The van der Waals surface area contributed by atoms with Crippen LogP contribution in [0.15, 0.2) is 21.2 Å². The molecule has 0 radical (unpaired) electrons. The fourth-order valence-electron chi connectivity index (χ4n) is 1.20. The first-order valence-electron chi connectivity index (χ1n) is 4.41. The molecular formula is C9H12BrNO2. The predicted molar refractivity (Wildman–Crippen MR) is 52.4 cm³/mol. The van der Waals surface area contributed by atoms with Crippen LogP contribution in [0.1, 0.15) is 24.7 Å². The van der Waals surface area contributed by atoms with E-state index in [2.05, 4.69) is 21.2 Å². The molecule has 2 rings (SSSR count). The minimum Gasteiger partial charge on any atom is -0.465 e. The Hall–Kier alpha value is -0.320. The Bertz CT molecular complexity index is 283. The van der Waals surface area contributed by atoms with E-state index in [1.807, 2.05) is 0 Å². The minimum atomic E-state index is -0.551. The van der Waals surface area contributed by atoms with Crippen molar-refractivity contribution in [2.24, 2.45) is 0 Å². The van der Waals surface area contributed by atoms with Crippen LogP contribution in [0.5, 0.6) is 0 Å². The van der Waals surface area contributed by atoms with Crippen LogP contribution in [0, 0.1) is 0 Å². The molecule has 1 unspecified atom stereocenters. The molecule has 0 bridgehead atoms. The van der Waals surface area contributed by atoms with Gasteiger partial charge < -0.3 is 14.8 Å². The van der Waals surface area contributed by atoms with Crippen molar-refractivity contribution in [2.45, 2.75) is 25.0 Å². The number of aliphatic hydroxyl groups is 1. The summed E-state index contributed by atoms with van der Waals surface area (Å²) in [5.74, 6) is 0.605. The van der Waals surface area contributed by atoms with E-state index in [0.29, 0.717) is 18.3 Å². The lowest BCUT2D eigenvalue weighted by atomic mass is 10.3. The minimum absolute atomic E-state index is 0.551. The summed E-state index contributed by atoms with van der Waals surface area (Å²) in [6.45, 7) is 0.566. The molecule has 1 aromatic rings. The third kappa shape index (κ3) is 2.33. The van der Waals surface area contributed by atoms with Crippen molar-refractivity contribution in [1.82, 2.24) is 5.32 Å². The van der Waals surface area contributed by atoms with Crippen LogP contribution in [-0.4, -0.2) is 17.7 Å². The molecule has 1 heterocycles. The first kappa shape index (κ1) is 9.24. The number of furan rings is 1. The van der Waals surface area contributed by atoms with Crippen LogP contribution in [0.2, 0.25) is 0 Å². The topological polar surface area (TPSA) is 45.4 Å². The molecule has 1 saturated carbocycles. The molecule has 0 saturated heterocycles. The highest BCUT2D eigenvalue weighted by atomic mass is 79.9. The maximum Gasteiger partial charge on any atom is 0.147 e. The molecular weight excluding hydrogens is 234 g/mol. The summed E-state index contributed by atoms with van der Waals surface area (Å²) in [5, 5.41) is 12.9. The molecule has 2 N–H and O–H groups in total. The summed E-state index contributed by atoms with van der Waals surface area (Å²) >= 11 is 3.31. The normalized spacial score (nSPS) is 18.9. The van der Waals surface area contributed by atoms with E-state index in [4.69, 9.17) is 4.42 Å². The Kier molecular flexibility index (Phi) is 2.71. The lowest BCUT2D eigenvalue weighted by molar-refractivity contribution is 0.146.